The molecule has 0 aliphatic carbocycles. The van der Waals surface area contributed by atoms with E-state index in [9.17, 15) is 5.11 Å². The molecule has 1 aliphatic heterocycles. The van der Waals surface area contributed by atoms with Gasteiger partial charge in [0.25, 0.3) is 0 Å². The van der Waals surface area contributed by atoms with Crippen LogP contribution in [0.2, 0.25) is 0 Å². The van der Waals surface area contributed by atoms with Crippen LogP contribution in [-0.4, -0.2) is 72.4 Å². The van der Waals surface area contributed by atoms with Crippen LogP contribution in [0.4, 0.5) is 0 Å². The van der Waals surface area contributed by atoms with Gasteiger partial charge in [-0.05, 0) is 27.3 Å². The average Bonchev–Trinajstić information content (AvgIpc) is 2.27. The van der Waals surface area contributed by atoms with E-state index in [1.54, 1.807) is 0 Å². The normalized spacial score (nSPS) is 21.7. The van der Waals surface area contributed by atoms with Crippen molar-refractivity contribution in [3.05, 3.63) is 0 Å². The zero-order valence-electron chi connectivity index (χ0n) is 11.9. The van der Waals surface area contributed by atoms with Gasteiger partial charge >= 0.3 is 0 Å². The van der Waals surface area contributed by atoms with Gasteiger partial charge in [-0.25, -0.2) is 0 Å². The molecule has 0 radical (unpaired) electrons. The number of aliphatic hydroxyl groups excluding tert-OH is 1. The standard InChI is InChI=1S/C13H29N3O/c1-5-15-6-8-16(9-7-15)11-12(17)10-14-13(2,3)4/h12,14,17H,5-11H2,1-4H3. The van der Waals surface area contributed by atoms with Gasteiger partial charge in [-0.2, -0.15) is 0 Å². The monoisotopic (exact) mass is 243 g/mol. The van der Waals surface area contributed by atoms with Crippen LogP contribution >= 0.6 is 0 Å². The van der Waals surface area contributed by atoms with Crippen molar-refractivity contribution in [2.45, 2.75) is 39.3 Å². The van der Waals surface area contributed by atoms with Crippen LogP contribution < -0.4 is 5.32 Å². The predicted molar refractivity (Wildman–Crippen MR) is 72.3 cm³/mol. The van der Waals surface area contributed by atoms with E-state index in [2.05, 4.69) is 42.8 Å². The number of rotatable bonds is 5. The summed E-state index contributed by atoms with van der Waals surface area (Å²) in [6.45, 7) is 15.6. The van der Waals surface area contributed by atoms with Crippen molar-refractivity contribution in [1.29, 1.82) is 0 Å². The zero-order chi connectivity index (χ0) is 12.9. The number of nitrogens with one attached hydrogen (secondary N) is 1. The molecule has 0 saturated carbocycles. The SMILES string of the molecule is CCN1CCN(CC(O)CNC(C)(C)C)CC1. The summed E-state index contributed by atoms with van der Waals surface area (Å²) in [5.74, 6) is 0. The predicted octanol–water partition coefficient (Wildman–Crippen LogP) is 0.373. The molecule has 102 valence electrons. The van der Waals surface area contributed by atoms with E-state index in [1.165, 1.54) is 0 Å². The lowest BCUT2D eigenvalue weighted by molar-refractivity contribution is 0.0710. The third-order valence-corrected chi connectivity index (χ3v) is 3.25. The number of nitrogens with zero attached hydrogens (tertiary/aromatic N) is 2. The van der Waals surface area contributed by atoms with E-state index in [-0.39, 0.29) is 11.6 Å². The summed E-state index contributed by atoms with van der Waals surface area (Å²) >= 11 is 0. The van der Waals surface area contributed by atoms with E-state index in [4.69, 9.17) is 0 Å². The van der Waals surface area contributed by atoms with Crippen molar-refractivity contribution in [3.63, 3.8) is 0 Å². The quantitative estimate of drug-likeness (QED) is 0.732. The van der Waals surface area contributed by atoms with Gasteiger partial charge in [0.05, 0.1) is 6.10 Å². The number of likely N-dealkylation sites (N-methyl/N-ethyl adjacent to an activating group) is 1. The van der Waals surface area contributed by atoms with Crippen LogP contribution in [0, 0.1) is 0 Å². The van der Waals surface area contributed by atoms with E-state index in [0.29, 0.717) is 6.54 Å². The molecule has 1 atom stereocenters. The fourth-order valence-electron chi connectivity index (χ4n) is 2.07. The number of piperazine rings is 1. The van der Waals surface area contributed by atoms with E-state index in [1.807, 2.05) is 0 Å². The Hall–Kier alpha value is -0.160. The molecule has 17 heavy (non-hydrogen) atoms. The molecule has 0 spiro atoms. The Bertz CT molecular complexity index is 207. The maximum atomic E-state index is 9.97. The highest BCUT2D eigenvalue weighted by atomic mass is 16.3. The molecule has 0 amide bonds. The number of aliphatic hydroxyl groups is 1. The van der Waals surface area contributed by atoms with Gasteiger partial charge in [0, 0.05) is 44.8 Å². The molecule has 1 heterocycles. The second kappa shape index (κ2) is 6.69. The largest absolute Gasteiger partial charge is 0.390 e. The van der Waals surface area contributed by atoms with Crippen molar-refractivity contribution in [2.75, 3.05) is 45.8 Å². The first kappa shape index (κ1) is 14.9. The van der Waals surface area contributed by atoms with Gasteiger partial charge in [0.1, 0.15) is 0 Å². The Morgan fingerprint density at radius 3 is 2.12 bits per heavy atom. The maximum Gasteiger partial charge on any atom is 0.0791 e. The topological polar surface area (TPSA) is 38.7 Å². The molecule has 2 N–H and O–H groups in total. The highest BCUT2D eigenvalue weighted by Gasteiger charge is 2.19. The van der Waals surface area contributed by atoms with Gasteiger partial charge in [-0.3, -0.25) is 4.90 Å². The Morgan fingerprint density at radius 1 is 1.12 bits per heavy atom. The molecule has 0 aromatic carbocycles. The molecule has 1 aliphatic rings. The number of hydrogen-bond acceptors (Lipinski definition) is 4. The zero-order valence-corrected chi connectivity index (χ0v) is 11.9. The van der Waals surface area contributed by atoms with Crippen molar-refractivity contribution in [1.82, 2.24) is 15.1 Å². The first-order valence-corrected chi connectivity index (χ1v) is 6.78. The lowest BCUT2D eigenvalue weighted by atomic mass is 10.1. The van der Waals surface area contributed by atoms with E-state index in [0.717, 1.165) is 39.3 Å². The average molecular weight is 243 g/mol. The highest BCUT2D eigenvalue weighted by molar-refractivity contribution is 4.77. The smallest absolute Gasteiger partial charge is 0.0791 e. The molecule has 4 nitrogen and oxygen atoms in total. The first-order valence-electron chi connectivity index (χ1n) is 6.78. The van der Waals surface area contributed by atoms with Crippen molar-refractivity contribution >= 4 is 0 Å². The summed E-state index contributed by atoms with van der Waals surface area (Å²) in [6.07, 6.45) is -0.262. The fraction of sp³-hybridized carbons (Fsp3) is 1.00. The van der Waals surface area contributed by atoms with Crippen LogP contribution in [0.3, 0.4) is 0 Å². The van der Waals surface area contributed by atoms with Gasteiger partial charge in [0.2, 0.25) is 0 Å². The minimum Gasteiger partial charge on any atom is -0.390 e. The van der Waals surface area contributed by atoms with Gasteiger partial charge < -0.3 is 15.3 Å². The number of hydrogen-bond donors (Lipinski definition) is 2. The van der Waals surface area contributed by atoms with Crippen molar-refractivity contribution < 1.29 is 5.11 Å². The first-order chi connectivity index (χ1) is 7.90. The summed E-state index contributed by atoms with van der Waals surface area (Å²) in [7, 11) is 0. The third-order valence-electron chi connectivity index (χ3n) is 3.25. The molecule has 1 unspecified atom stereocenters. The third kappa shape index (κ3) is 6.36. The van der Waals surface area contributed by atoms with Crippen LogP contribution in [0.15, 0.2) is 0 Å². The van der Waals surface area contributed by atoms with Crippen LogP contribution in [0.25, 0.3) is 0 Å². The lowest BCUT2D eigenvalue weighted by Crippen LogP contribution is -2.50. The van der Waals surface area contributed by atoms with Crippen molar-refractivity contribution in [2.24, 2.45) is 0 Å². The van der Waals surface area contributed by atoms with E-state index < -0.39 is 0 Å². The minimum absolute atomic E-state index is 0.0852. The Balaban J connectivity index is 2.17. The van der Waals surface area contributed by atoms with E-state index >= 15 is 0 Å². The van der Waals surface area contributed by atoms with Crippen molar-refractivity contribution in [3.8, 4) is 0 Å². The van der Waals surface area contributed by atoms with Crippen LogP contribution in [0.5, 0.6) is 0 Å². The molecule has 0 aromatic heterocycles. The molecular formula is C13H29N3O. The molecule has 0 aromatic rings. The van der Waals surface area contributed by atoms with Gasteiger partial charge in [-0.1, -0.05) is 6.92 Å². The lowest BCUT2D eigenvalue weighted by Gasteiger charge is -2.35. The van der Waals surface area contributed by atoms with Crippen LogP contribution in [-0.2, 0) is 0 Å². The highest BCUT2D eigenvalue weighted by Crippen LogP contribution is 2.03. The summed E-state index contributed by atoms with van der Waals surface area (Å²) in [6, 6.07) is 0. The molecule has 0 bridgehead atoms. The molecule has 1 saturated heterocycles. The minimum atomic E-state index is -0.262. The maximum absolute atomic E-state index is 9.97. The summed E-state index contributed by atoms with van der Waals surface area (Å²) in [5.41, 5.74) is 0.0852. The Morgan fingerprint density at radius 2 is 1.65 bits per heavy atom. The number of β-amino-alcohol motifs (C(OH)–C–C–N with tert-alkyl or cyclic N) is 1. The molecule has 1 fully saturated rings. The second-order valence-corrected chi connectivity index (χ2v) is 6.02. The summed E-state index contributed by atoms with van der Waals surface area (Å²) in [4.78, 5) is 4.82. The Labute approximate surface area is 106 Å². The summed E-state index contributed by atoms with van der Waals surface area (Å²) in [5, 5.41) is 13.3. The van der Waals surface area contributed by atoms with Crippen LogP contribution in [0.1, 0.15) is 27.7 Å². The molecule has 1 rings (SSSR count). The molecular weight excluding hydrogens is 214 g/mol. The summed E-state index contributed by atoms with van der Waals surface area (Å²) < 4.78 is 0. The molecule has 4 heteroatoms. The second-order valence-electron chi connectivity index (χ2n) is 6.02. The van der Waals surface area contributed by atoms with Gasteiger partial charge in [-0.15, -0.1) is 0 Å². The van der Waals surface area contributed by atoms with Gasteiger partial charge in [0.15, 0.2) is 0 Å². The fourth-order valence-corrected chi connectivity index (χ4v) is 2.07. The Kier molecular flexibility index (Phi) is 5.86.